The molecule has 0 spiro atoms. The number of hydrogen-bond acceptors (Lipinski definition) is 6. The van der Waals surface area contributed by atoms with Crippen LogP contribution in [0, 0.1) is 6.92 Å². The van der Waals surface area contributed by atoms with Crippen molar-refractivity contribution in [1.82, 2.24) is 10.1 Å². The maximum absolute atomic E-state index is 5.64. The van der Waals surface area contributed by atoms with E-state index in [1.165, 1.54) is 0 Å². The zero-order valence-electron chi connectivity index (χ0n) is 11.0. The molecule has 0 fully saturated rings. The Labute approximate surface area is 111 Å². The molecule has 0 saturated heterocycles. The molecule has 6 heteroatoms. The van der Waals surface area contributed by atoms with Gasteiger partial charge in [-0.15, -0.1) is 0 Å². The van der Waals surface area contributed by atoms with Gasteiger partial charge in [0, 0.05) is 13.5 Å². The minimum Gasteiger partial charge on any atom is -0.490 e. The molecule has 0 radical (unpaired) electrons. The van der Waals surface area contributed by atoms with Crippen LogP contribution in [-0.2, 0) is 13.2 Å². The standard InChI is InChI=1S/C13H17N3O3/c1-3-17-12-6-10(7-14)4-5-11(12)18-8-13-15-9(2)19-16-13/h4-6H,3,7-8,14H2,1-2H3. The van der Waals surface area contributed by atoms with E-state index in [4.69, 9.17) is 19.7 Å². The van der Waals surface area contributed by atoms with Crippen molar-refractivity contribution in [1.29, 1.82) is 0 Å². The topological polar surface area (TPSA) is 83.4 Å². The quantitative estimate of drug-likeness (QED) is 0.855. The summed E-state index contributed by atoms with van der Waals surface area (Å²) in [6.45, 7) is 4.91. The van der Waals surface area contributed by atoms with E-state index in [1.54, 1.807) is 6.92 Å². The third-order valence-corrected chi connectivity index (χ3v) is 2.47. The molecule has 0 aliphatic rings. The van der Waals surface area contributed by atoms with E-state index < -0.39 is 0 Å². The van der Waals surface area contributed by atoms with Gasteiger partial charge < -0.3 is 19.7 Å². The molecule has 102 valence electrons. The third kappa shape index (κ3) is 3.45. The van der Waals surface area contributed by atoms with Gasteiger partial charge in [0.1, 0.15) is 0 Å². The summed E-state index contributed by atoms with van der Waals surface area (Å²) in [4.78, 5) is 4.07. The summed E-state index contributed by atoms with van der Waals surface area (Å²) in [5.74, 6) is 2.33. The van der Waals surface area contributed by atoms with Gasteiger partial charge >= 0.3 is 0 Å². The van der Waals surface area contributed by atoms with E-state index in [1.807, 2.05) is 25.1 Å². The van der Waals surface area contributed by atoms with Crippen LogP contribution in [-0.4, -0.2) is 16.7 Å². The Bertz CT molecular complexity index is 540. The van der Waals surface area contributed by atoms with Crippen LogP contribution in [0.2, 0.25) is 0 Å². The number of ether oxygens (including phenoxy) is 2. The summed E-state index contributed by atoms with van der Waals surface area (Å²) >= 11 is 0. The Hall–Kier alpha value is -2.08. The van der Waals surface area contributed by atoms with E-state index in [0.29, 0.717) is 36.4 Å². The lowest BCUT2D eigenvalue weighted by Gasteiger charge is -2.11. The van der Waals surface area contributed by atoms with Crippen LogP contribution in [0.3, 0.4) is 0 Å². The van der Waals surface area contributed by atoms with E-state index in [2.05, 4.69) is 10.1 Å². The van der Waals surface area contributed by atoms with Crippen LogP contribution in [0.25, 0.3) is 0 Å². The van der Waals surface area contributed by atoms with Crippen molar-refractivity contribution in [2.45, 2.75) is 27.0 Å². The second kappa shape index (κ2) is 6.19. The van der Waals surface area contributed by atoms with Gasteiger partial charge in [-0.3, -0.25) is 0 Å². The SMILES string of the molecule is CCOc1cc(CN)ccc1OCc1noc(C)n1. The monoisotopic (exact) mass is 263 g/mol. The number of nitrogens with two attached hydrogens (primary N) is 1. The fourth-order valence-corrected chi connectivity index (χ4v) is 1.61. The highest BCUT2D eigenvalue weighted by Gasteiger charge is 2.08. The van der Waals surface area contributed by atoms with Crippen molar-refractivity contribution in [2.24, 2.45) is 5.73 Å². The summed E-state index contributed by atoms with van der Waals surface area (Å²) in [5.41, 5.74) is 6.60. The lowest BCUT2D eigenvalue weighted by atomic mass is 10.2. The fourth-order valence-electron chi connectivity index (χ4n) is 1.61. The number of aromatic nitrogens is 2. The summed E-state index contributed by atoms with van der Waals surface area (Å²) in [6.07, 6.45) is 0. The molecular formula is C13H17N3O3. The number of nitrogens with zero attached hydrogens (tertiary/aromatic N) is 2. The predicted octanol–water partition coefficient (Wildman–Crippen LogP) is 1.81. The van der Waals surface area contributed by atoms with E-state index in [0.717, 1.165) is 5.56 Å². The Balaban J connectivity index is 2.10. The van der Waals surface area contributed by atoms with Gasteiger partial charge in [0.25, 0.3) is 0 Å². The first-order valence-corrected chi connectivity index (χ1v) is 6.10. The zero-order chi connectivity index (χ0) is 13.7. The molecule has 1 aromatic heterocycles. The molecule has 0 aliphatic carbocycles. The van der Waals surface area contributed by atoms with Gasteiger partial charge in [-0.05, 0) is 24.6 Å². The molecule has 0 unspecified atom stereocenters. The van der Waals surface area contributed by atoms with Crippen molar-refractivity contribution < 1.29 is 14.0 Å². The van der Waals surface area contributed by atoms with Gasteiger partial charge in [-0.1, -0.05) is 11.2 Å². The molecule has 0 amide bonds. The second-order valence-corrected chi connectivity index (χ2v) is 3.94. The molecule has 19 heavy (non-hydrogen) atoms. The predicted molar refractivity (Wildman–Crippen MR) is 68.9 cm³/mol. The molecule has 2 N–H and O–H groups in total. The average Bonchev–Trinajstić information content (AvgIpc) is 2.83. The zero-order valence-corrected chi connectivity index (χ0v) is 11.0. The van der Waals surface area contributed by atoms with Gasteiger partial charge in [0.05, 0.1) is 6.61 Å². The molecule has 6 nitrogen and oxygen atoms in total. The van der Waals surface area contributed by atoms with Crippen LogP contribution in [0.5, 0.6) is 11.5 Å². The Morgan fingerprint density at radius 2 is 2.11 bits per heavy atom. The molecule has 2 rings (SSSR count). The third-order valence-electron chi connectivity index (χ3n) is 2.47. The number of rotatable bonds is 6. The summed E-state index contributed by atoms with van der Waals surface area (Å²) in [6, 6.07) is 5.61. The van der Waals surface area contributed by atoms with Crippen LogP contribution < -0.4 is 15.2 Å². The van der Waals surface area contributed by atoms with Crippen molar-refractivity contribution >= 4 is 0 Å². The fraction of sp³-hybridized carbons (Fsp3) is 0.385. The highest BCUT2D eigenvalue weighted by Crippen LogP contribution is 2.28. The van der Waals surface area contributed by atoms with Crippen LogP contribution in [0.15, 0.2) is 22.7 Å². The van der Waals surface area contributed by atoms with Gasteiger partial charge in [0.2, 0.25) is 11.7 Å². The molecule has 0 bridgehead atoms. The van der Waals surface area contributed by atoms with Gasteiger partial charge in [0.15, 0.2) is 18.1 Å². The van der Waals surface area contributed by atoms with E-state index in [-0.39, 0.29) is 6.61 Å². The number of aryl methyl sites for hydroxylation is 1. The maximum Gasteiger partial charge on any atom is 0.223 e. The lowest BCUT2D eigenvalue weighted by Crippen LogP contribution is -2.03. The van der Waals surface area contributed by atoms with E-state index >= 15 is 0 Å². The number of benzene rings is 1. The Morgan fingerprint density at radius 3 is 2.74 bits per heavy atom. The largest absolute Gasteiger partial charge is 0.490 e. The maximum atomic E-state index is 5.64. The van der Waals surface area contributed by atoms with Gasteiger partial charge in [-0.2, -0.15) is 4.98 Å². The van der Waals surface area contributed by atoms with Crippen molar-refractivity contribution in [3.05, 3.63) is 35.5 Å². The van der Waals surface area contributed by atoms with Crippen LogP contribution in [0.4, 0.5) is 0 Å². The Kier molecular flexibility index (Phi) is 4.35. The highest BCUT2D eigenvalue weighted by atomic mass is 16.5. The Morgan fingerprint density at radius 1 is 1.26 bits per heavy atom. The van der Waals surface area contributed by atoms with Crippen molar-refractivity contribution in [3.63, 3.8) is 0 Å². The molecule has 1 heterocycles. The molecular weight excluding hydrogens is 246 g/mol. The average molecular weight is 263 g/mol. The minimum atomic E-state index is 0.236. The van der Waals surface area contributed by atoms with Crippen LogP contribution in [0.1, 0.15) is 24.2 Å². The van der Waals surface area contributed by atoms with Crippen LogP contribution >= 0.6 is 0 Å². The second-order valence-electron chi connectivity index (χ2n) is 3.94. The molecule has 0 atom stereocenters. The minimum absolute atomic E-state index is 0.236. The molecule has 0 saturated carbocycles. The molecule has 1 aromatic carbocycles. The molecule has 2 aromatic rings. The first kappa shape index (κ1) is 13.4. The van der Waals surface area contributed by atoms with Gasteiger partial charge in [-0.25, -0.2) is 0 Å². The molecule has 0 aliphatic heterocycles. The first-order chi connectivity index (χ1) is 9.22. The highest BCUT2D eigenvalue weighted by molar-refractivity contribution is 5.43. The summed E-state index contributed by atoms with van der Waals surface area (Å²) in [5, 5.41) is 3.77. The summed E-state index contributed by atoms with van der Waals surface area (Å²) in [7, 11) is 0. The smallest absolute Gasteiger partial charge is 0.223 e. The first-order valence-electron chi connectivity index (χ1n) is 6.10. The normalized spacial score (nSPS) is 10.5. The van der Waals surface area contributed by atoms with Crippen molar-refractivity contribution in [2.75, 3.05) is 6.61 Å². The number of hydrogen-bond donors (Lipinski definition) is 1. The van der Waals surface area contributed by atoms with E-state index in [9.17, 15) is 0 Å². The lowest BCUT2D eigenvalue weighted by molar-refractivity contribution is 0.258. The summed E-state index contributed by atoms with van der Waals surface area (Å²) < 4.78 is 16.0. The van der Waals surface area contributed by atoms with Crippen molar-refractivity contribution in [3.8, 4) is 11.5 Å².